The zero-order chi connectivity index (χ0) is 18.5. The van der Waals surface area contributed by atoms with Crippen molar-refractivity contribution in [3.05, 3.63) is 87.5 Å². The van der Waals surface area contributed by atoms with E-state index in [-0.39, 0.29) is 12.4 Å². The lowest BCUT2D eigenvalue weighted by molar-refractivity contribution is -0.138. The molecule has 0 saturated heterocycles. The highest BCUT2D eigenvalue weighted by molar-refractivity contribution is 5.87. The molecule has 4 nitrogen and oxygen atoms in total. The maximum Gasteiger partial charge on any atom is 0.336 e. The van der Waals surface area contributed by atoms with Gasteiger partial charge in [-0.1, -0.05) is 31.2 Å². The number of fused-ring (bicyclic) bond motifs is 1. The van der Waals surface area contributed by atoms with Crippen LogP contribution in [0.15, 0.2) is 63.8 Å². The first kappa shape index (κ1) is 17.6. The van der Waals surface area contributed by atoms with Gasteiger partial charge in [-0.2, -0.15) is 0 Å². The Bertz CT molecular complexity index is 1020. The molecule has 3 aromatic rings. The highest BCUT2D eigenvalue weighted by atomic mass is 19.1. The first-order chi connectivity index (χ1) is 12.5. The van der Waals surface area contributed by atoms with E-state index in [0.717, 1.165) is 17.4 Å². The largest absolute Gasteiger partial charge is 0.458 e. The summed E-state index contributed by atoms with van der Waals surface area (Å²) >= 11 is 0. The number of rotatable bonds is 5. The molecule has 0 spiro atoms. The van der Waals surface area contributed by atoms with Crippen LogP contribution in [0.1, 0.15) is 23.6 Å². The Labute approximate surface area is 149 Å². The van der Waals surface area contributed by atoms with Gasteiger partial charge in [-0.15, -0.1) is 0 Å². The standard InChI is InChI=1S/C21H17FO4/c1-2-14-5-9-18-16(12-21(24)26-19(18)11-14)13-25-20(23)10-6-15-3-7-17(22)8-4-15/h3-12H,2,13H2,1H3/b10-6+. The summed E-state index contributed by atoms with van der Waals surface area (Å²) in [5.74, 6) is -0.897. The van der Waals surface area contributed by atoms with Gasteiger partial charge < -0.3 is 9.15 Å². The van der Waals surface area contributed by atoms with Gasteiger partial charge in [0.1, 0.15) is 18.0 Å². The van der Waals surface area contributed by atoms with Crippen molar-refractivity contribution in [3.63, 3.8) is 0 Å². The molecule has 0 aliphatic rings. The van der Waals surface area contributed by atoms with Crippen LogP contribution < -0.4 is 5.63 Å². The number of hydrogen-bond acceptors (Lipinski definition) is 4. The van der Waals surface area contributed by atoms with Crippen molar-refractivity contribution in [2.75, 3.05) is 0 Å². The molecule has 0 N–H and O–H groups in total. The predicted molar refractivity (Wildman–Crippen MR) is 97.1 cm³/mol. The molecule has 0 fully saturated rings. The summed E-state index contributed by atoms with van der Waals surface area (Å²) in [6.07, 6.45) is 3.62. The normalized spacial score (nSPS) is 11.2. The second-order valence-corrected chi connectivity index (χ2v) is 5.77. The molecule has 1 heterocycles. The van der Waals surface area contributed by atoms with Crippen molar-refractivity contribution in [1.29, 1.82) is 0 Å². The first-order valence-corrected chi connectivity index (χ1v) is 8.21. The van der Waals surface area contributed by atoms with Crippen molar-refractivity contribution in [2.24, 2.45) is 0 Å². The van der Waals surface area contributed by atoms with E-state index in [9.17, 15) is 14.0 Å². The lowest BCUT2D eigenvalue weighted by atomic mass is 10.1. The van der Waals surface area contributed by atoms with Crippen molar-refractivity contribution >= 4 is 23.0 Å². The van der Waals surface area contributed by atoms with E-state index in [0.29, 0.717) is 16.7 Å². The fraction of sp³-hybridized carbons (Fsp3) is 0.143. The molecule has 5 heteroatoms. The van der Waals surface area contributed by atoms with E-state index in [1.54, 1.807) is 12.1 Å². The number of hydrogen-bond donors (Lipinski definition) is 0. The van der Waals surface area contributed by atoms with E-state index in [1.165, 1.54) is 30.4 Å². The molecule has 26 heavy (non-hydrogen) atoms. The number of benzene rings is 2. The smallest absolute Gasteiger partial charge is 0.336 e. The van der Waals surface area contributed by atoms with Crippen LogP contribution in [0.3, 0.4) is 0 Å². The second kappa shape index (κ2) is 7.78. The summed E-state index contributed by atoms with van der Waals surface area (Å²) in [4.78, 5) is 23.6. The Hall–Kier alpha value is -3.21. The minimum Gasteiger partial charge on any atom is -0.458 e. The van der Waals surface area contributed by atoms with Crippen molar-refractivity contribution < 1.29 is 18.3 Å². The van der Waals surface area contributed by atoms with Gasteiger partial charge in [-0.25, -0.2) is 14.0 Å². The molecular weight excluding hydrogens is 335 g/mol. The van der Waals surface area contributed by atoms with E-state index in [4.69, 9.17) is 9.15 Å². The fourth-order valence-corrected chi connectivity index (χ4v) is 2.55. The van der Waals surface area contributed by atoms with Crippen LogP contribution in [0.4, 0.5) is 4.39 Å². The highest BCUT2D eigenvalue weighted by Crippen LogP contribution is 2.20. The summed E-state index contributed by atoms with van der Waals surface area (Å²) in [5, 5.41) is 0.733. The van der Waals surface area contributed by atoms with Gasteiger partial charge in [0.25, 0.3) is 0 Å². The molecule has 0 unspecified atom stereocenters. The van der Waals surface area contributed by atoms with Gasteiger partial charge in [0, 0.05) is 23.1 Å². The van der Waals surface area contributed by atoms with Gasteiger partial charge in [-0.3, -0.25) is 0 Å². The summed E-state index contributed by atoms with van der Waals surface area (Å²) in [6, 6.07) is 12.7. The fourth-order valence-electron chi connectivity index (χ4n) is 2.55. The Balaban J connectivity index is 1.73. The predicted octanol–water partition coefficient (Wildman–Crippen LogP) is 4.25. The van der Waals surface area contributed by atoms with Crippen molar-refractivity contribution in [3.8, 4) is 0 Å². The quantitative estimate of drug-likeness (QED) is 0.391. The average molecular weight is 352 g/mol. The molecule has 0 saturated carbocycles. The Kier molecular flexibility index (Phi) is 5.27. The first-order valence-electron chi connectivity index (χ1n) is 8.21. The number of carbonyl (C=O) groups is 1. The monoisotopic (exact) mass is 352 g/mol. The summed E-state index contributed by atoms with van der Waals surface area (Å²) in [7, 11) is 0. The Morgan fingerprint density at radius 2 is 1.92 bits per heavy atom. The van der Waals surface area contributed by atoms with Crippen LogP contribution in [0.5, 0.6) is 0 Å². The minimum absolute atomic E-state index is 0.0415. The molecule has 0 radical (unpaired) electrons. The lowest BCUT2D eigenvalue weighted by Crippen LogP contribution is -2.05. The van der Waals surface area contributed by atoms with Crippen LogP contribution >= 0.6 is 0 Å². The topological polar surface area (TPSA) is 56.5 Å². The van der Waals surface area contributed by atoms with Gasteiger partial charge >= 0.3 is 11.6 Å². The third-order valence-corrected chi connectivity index (χ3v) is 3.95. The lowest BCUT2D eigenvalue weighted by Gasteiger charge is -2.07. The SMILES string of the molecule is CCc1ccc2c(COC(=O)/C=C/c3ccc(F)cc3)cc(=O)oc2c1. The van der Waals surface area contributed by atoms with Gasteiger partial charge in [-0.05, 0) is 41.8 Å². The Morgan fingerprint density at radius 1 is 1.15 bits per heavy atom. The molecule has 3 rings (SSSR count). The maximum atomic E-state index is 12.9. The number of esters is 1. The molecular formula is C21H17FO4. The third-order valence-electron chi connectivity index (χ3n) is 3.95. The molecule has 0 amide bonds. The van der Waals surface area contributed by atoms with E-state index in [1.807, 2.05) is 25.1 Å². The highest BCUT2D eigenvalue weighted by Gasteiger charge is 2.08. The second-order valence-electron chi connectivity index (χ2n) is 5.77. The van der Waals surface area contributed by atoms with Crippen LogP contribution in [0.2, 0.25) is 0 Å². The van der Waals surface area contributed by atoms with Crippen LogP contribution in [0, 0.1) is 5.82 Å². The van der Waals surface area contributed by atoms with Crippen LogP contribution in [-0.4, -0.2) is 5.97 Å². The Morgan fingerprint density at radius 3 is 2.65 bits per heavy atom. The van der Waals surface area contributed by atoms with Crippen molar-refractivity contribution in [2.45, 2.75) is 20.0 Å². The van der Waals surface area contributed by atoms with E-state index < -0.39 is 11.6 Å². The molecule has 0 atom stereocenters. The molecule has 0 aliphatic carbocycles. The van der Waals surface area contributed by atoms with Gasteiger partial charge in [0.05, 0.1) is 0 Å². The molecule has 0 bridgehead atoms. The van der Waals surface area contributed by atoms with Gasteiger partial charge in [0.2, 0.25) is 0 Å². The van der Waals surface area contributed by atoms with Gasteiger partial charge in [0.15, 0.2) is 0 Å². The molecule has 1 aromatic heterocycles. The molecule has 0 aliphatic heterocycles. The summed E-state index contributed by atoms with van der Waals surface area (Å²) in [6.45, 7) is 1.97. The summed E-state index contributed by atoms with van der Waals surface area (Å²) < 4.78 is 23.3. The summed E-state index contributed by atoms with van der Waals surface area (Å²) in [5.41, 5.74) is 2.31. The third kappa shape index (κ3) is 4.25. The maximum absolute atomic E-state index is 12.9. The van der Waals surface area contributed by atoms with E-state index >= 15 is 0 Å². The average Bonchev–Trinajstić information content (AvgIpc) is 2.64. The zero-order valence-corrected chi connectivity index (χ0v) is 14.2. The van der Waals surface area contributed by atoms with Crippen LogP contribution in [-0.2, 0) is 22.6 Å². The number of carbonyl (C=O) groups excluding carboxylic acids is 1. The minimum atomic E-state index is -0.555. The molecule has 2 aromatic carbocycles. The zero-order valence-electron chi connectivity index (χ0n) is 14.2. The number of halogens is 1. The number of aryl methyl sites for hydroxylation is 1. The van der Waals surface area contributed by atoms with E-state index in [2.05, 4.69) is 0 Å². The van der Waals surface area contributed by atoms with Crippen molar-refractivity contribution in [1.82, 2.24) is 0 Å². The molecule has 132 valence electrons. The number of ether oxygens (including phenoxy) is 1. The van der Waals surface area contributed by atoms with Crippen LogP contribution in [0.25, 0.3) is 17.0 Å².